The molecule has 0 bridgehead atoms. The fourth-order valence-corrected chi connectivity index (χ4v) is 3.12. The molecule has 0 aromatic heterocycles. The molecule has 2 fully saturated rings. The van der Waals surface area contributed by atoms with Gasteiger partial charge in [-0.15, -0.1) is 12.4 Å². The van der Waals surface area contributed by atoms with Crippen LogP contribution in [0.15, 0.2) is 24.3 Å². The van der Waals surface area contributed by atoms with Gasteiger partial charge < -0.3 is 20.5 Å². The molecule has 23 heavy (non-hydrogen) atoms. The second kappa shape index (κ2) is 7.99. The molecule has 3 rings (SSSR count). The number of ether oxygens (including phenoxy) is 2. The fraction of sp³-hybridized carbons (Fsp3) is 0.588. The molecule has 0 radical (unpaired) electrons. The van der Waals surface area contributed by atoms with Gasteiger partial charge in [0.1, 0.15) is 12.4 Å². The summed E-state index contributed by atoms with van der Waals surface area (Å²) >= 11 is 0. The van der Waals surface area contributed by atoms with Crippen LogP contribution in [0, 0.1) is 0 Å². The first-order valence-electron chi connectivity index (χ1n) is 8.10. The van der Waals surface area contributed by atoms with E-state index in [1.54, 1.807) is 0 Å². The van der Waals surface area contributed by atoms with Gasteiger partial charge in [0.05, 0.1) is 11.6 Å². The third kappa shape index (κ3) is 4.59. The van der Waals surface area contributed by atoms with Crippen LogP contribution >= 0.6 is 12.4 Å². The molecule has 1 saturated carbocycles. The third-order valence-electron chi connectivity index (χ3n) is 4.50. The van der Waals surface area contributed by atoms with E-state index in [4.69, 9.17) is 15.2 Å². The zero-order valence-corrected chi connectivity index (χ0v) is 14.1. The Morgan fingerprint density at radius 1 is 1.35 bits per heavy atom. The highest BCUT2D eigenvalue weighted by Gasteiger charge is 2.36. The normalized spacial score (nSPS) is 22.4. The molecule has 1 amide bonds. The van der Waals surface area contributed by atoms with Crippen LogP contribution in [0.1, 0.15) is 38.5 Å². The Morgan fingerprint density at radius 2 is 2.13 bits per heavy atom. The smallest absolute Gasteiger partial charge is 0.244 e. The number of amides is 1. The van der Waals surface area contributed by atoms with Gasteiger partial charge in [-0.2, -0.15) is 0 Å². The maximum absolute atomic E-state index is 12.3. The van der Waals surface area contributed by atoms with E-state index in [1.165, 1.54) is 0 Å². The van der Waals surface area contributed by atoms with Gasteiger partial charge in [0.15, 0.2) is 0 Å². The van der Waals surface area contributed by atoms with Crippen molar-refractivity contribution in [2.75, 3.05) is 18.5 Å². The number of nitrogens with two attached hydrogens (primary N) is 1. The van der Waals surface area contributed by atoms with Crippen molar-refractivity contribution in [3.05, 3.63) is 24.3 Å². The quantitative estimate of drug-likeness (QED) is 0.864. The molecule has 128 valence electrons. The second-order valence-corrected chi connectivity index (χ2v) is 6.29. The van der Waals surface area contributed by atoms with E-state index in [2.05, 4.69) is 5.32 Å². The predicted octanol–water partition coefficient (Wildman–Crippen LogP) is 2.88. The lowest BCUT2D eigenvalue weighted by Gasteiger charge is -2.22. The van der Waals surface area contributed by atoms with Gasteiger partial charge in [0, 0.05) is 18.4 Å². The zero-order valence-electron chi connectivity index (χ0n) is 13.3. The minimum atomic E-state index is -0.714. The Labute approximate surface area is 143 Å². The highest BCUT2D eigenvalue weighted by atomic mass is 35.5. The maximum Gasteiger partial charge on any atom is 0.244 e. The van der Waals surface area contributed by atoms with E-state index < -0.39 is 5.54 Å². The summed E-state index contributed by atoms with van der Waals surface area (Å²) in [6.07, 6.45) is 5.89. The number of carbonyl (C=O) groups excluding carboxylic acids is 1. The van der Waals surface area contributed by atoms with Crippen LogP contribution in [0.2, 0.25) is 0 Å². The summed E-state index contributed by atoms with van der Waals surface area (Å²) in [5, 5.41) is 2.92. The van der Waals surface area contributed by atoms with Crippen molar-refractivity contribution in [2.45, 2.75) is 50.2 Å². The van der Waals surface area contributed by atoms with Gasteiger partial charge in [-0.05, 0) is 37.8 Å². The first-order valence-corrected chi connectivity index (χ1v) is 8.10. The summed E-state index contributed by atoms with van der Waals surface area (Å²) in [7, 11) is 0. The molecule has 1 heterocycles. The average molecular weight is 341 g/mol. The fourth-order valence-electron chi connectivity index (χ4n) is 3.12. The highest BCUT2D eigenvalue weighted by Crippen LogP contribution is 2.29. The van der Waals surface area contributed by atoms with Gasteiger partial charge in [-0.1, -0.05) is 18.9 Å². The number of hydrogen-bond donors (Lipinski definition) is 2. The van der Waals surface area contributed by atoms with Gasteiger partial charge in [-0.25, -0.2) is 0 Å². The Morgan fingerprint density at radius 3 is 2.83 bits per heavy atom. The molecule has 1 unspecified atom stereocenters. The zero-order chi connectivity index (χ0) is 15.4. The Hall–Kier alpha value is -1.30. The largest absolute Gasteiger partial charge is 0.491 e. The van der Waals surface area contributed by atoms with E-state index in [0.29, 0.717) is 6.61 Å². The van der Waals surface area contributed by atoms with Crippen molar-refractivity contribution < 1.29 is 14.3 Å². The van der Waals surface area contributed by atoms with E-state index >= 15 is 0 Å². The number of carbonyl (C=O) groups is 1. The molecule has 1 saturated heterocycles. The van der Waals surface area contributed by atoms with Gasteiger partial charge >= 0.3 is 0 Å². The van der Waals surface area contributed by atoms with Crippen LogP contribution < -0.4 is 15.8 Å². The van der Waals surface area contributed by atoms with E-state index in [0.717, 1.165) is 56.6 Å². The molecule has 3 N–H and O–H groups in total. The van der Waals surface area contributed by atoms with Crippen molar-refractivity contribution in [3.63, 3.8) is 0 Å². The minimum absolute atomic E-state index is 0. The summed E-state index contributed by atoms with van der Waals surface area (Å²) in [4.78, 5) is 12.3. The first-order chi connectivity index (χ1) is 10.7. The molecule has 1 aliphatic heterocycles. The Balaban J connectivity index is 0.00000192. The number of benzene rings is 1. The lowest BCUT2D eigenvalue weighted by Crippen LogP contribution is -2.48. The Kier molecular flexibility index (Phi) is 6.27. The van der Waals surface area contributed by atoms with Crippen molar-refractivity contribution in [1.82, 2.24) is 0 Å². The lowest BCUT2D eigenvalue weighted by atomic mass is 9.98. The number of halogens is 1. The summed E-state index contributed by atoms with van der Waals surface area (Å²) in [5.41, 5.74) is 6.18. The van der Waals surface area contributed by atoms with Crippen molar-refractivity contribution in [3.8, 4) is 5.75 Å². The van der Waals surface area contributed by atoms with Gasteiger partial charge in [0.2, 0.25) is 5.91 Å². The molecule has 1 atom stereocenters. The lowest BCUT2D eigenvalue weighted by molar-refractivity contribution is -0.121. The molecule has 0 spiro atoms. The summed E-state index contributed by atoms with van der Waals surface area (Å²) in [6, 6.07) is 7.46. The topological polar surface area (TPSA) is 73.6 Å². The molecule has 2 aliphatic rings. The number of anilines is 1. The van der Waals surface area contributed by atoms with E-state index in [1.807, 2.05) is 24.3 Å². The average Bonchev–Trinajstić information content (AvgIpc) is 3.18. The minimum Gasteiger partial charge on any atom is -0.491 e. The Bertz CT molecular complexity index is 526. The van der Waals surface area contributed by atoms with Crippen molar-refractivity contribution in [1.29, 1.82) is 0 Å². The molecule has 6 heteroatoms. The molecular formula is C17H25ClN2O3. The second-order valence-electron chi connectivity index (χ2n) is 6.29. The molecule has 1 aromatic rings. The number of rotatable bonds is 5. The van der Waals surface area contributed by atoms with Crippen LogP contribution in [0.4, 0.5) is 5.69 Å². The summed E-state index contributed by atoms with van der Waals surface area (Å²) in [5.74, 6) is 0.645. The van der Waals surface area contributed by atoms with Crippen LogP contribution in [-0.4, -0.2) is 30.8 Å². The predicted molar refractivity (Wildman–Crippen MR) is 92.2 cm³/mol. The SMILES string of the molecule is Cl.NC1(C(=O)Nc2cccc(OCC3CCCO3)c2)CCCC1. The monoisotopic (exact) mass is 340 g/mol. The maximum atomic E-state index is 12.3. The standard InChI is InChI=1S/C17H24N2O3.ClH/c18-17(8-1-2-9-17)16(20)19-13-5-3-6-14(11-13)22-12-15-7-4-10-21-15;/h3,5-6,11,15H,1-2,4,7-10,12,18H2,(H,19,20);1H. The van der Waals surface area contributed by atoms with Crippen LogP contribution in [-0.2, 0) is 9.53 Å². The molecule has 1 aliphatic carbocycles. The van der Waals surface area contributed by atoms with Crippen LogP contribution in [0.25, 0.3) is 0 Å². The van der Waals surface area contributed by atoms with E-state index in [9.17, 15) is 4.79 Å². The molecule has 1 aromatic carbocycles. The summed E-state index contributed by atoms with van der Waals surface area (Å²) in [6.45, 7) is 1.38. The van der Waals surface area contributed by atoms with Crippen LogP contribution in [0.3, 0.4) is 0 Å². The van der Waals surface area contributed by atoms with Crippen molar-refractivity contribution >= 4 is 24.0 Å². The van der Waals surface area contributed by atoms with E-state index in [-0.39, 0.29) is 24.4 Å². The van der Waals surface area contributed by atoms with Gasteiger partial charge in [0.25, 0.3) is 0 Å². The number of nitrogens with one attached hydrogen (secondary N) is 1. The molecular weight excluding hydrogens is 316 g/mol. The number of hydrogen-bond acceptors (Lipinski definition) is 4. The van der Waals surface area contributed by atoms with Crippen LogP contribution in [0.5, 0.6) is 5.75 Å². The van der Waals surface area contributed by atoms with Gasteiger partial charge in [-0.3, -0.25) is 4.79 Å². The first kappa shape index (κ1) is 18.0. The summed E-state index contributed by atoms with van der Waals surface area (Å²) < 4.78 is 11.3. The van der Waals surface area contributed by atoms with Crippen molar-refractivity contribution in [2.24, 2.45) is 5.73 Å². The molecule has 5 nitrogen and oxygen atoms in total. The third-order valence-corrected chi connectivity index (χ3v) is 4.50. The highest BCUT2D eigenvalue weighted by molar-refractivity contribution is 5.98.